The second-order valence-corrected chi connectivity index (χ2v) is 8.79. The molecule has 0 radical (unpaired) electrons. The maximum absolute atomic E-state index is 12.7. The number of hydrogen-bond donors (Lipinski definition) is 2. The predicted molar refractivity (Wildman–Crippen MR) is 99.1 cm³/mol. The van der Waals surface area contributed by atoms with Crippen LogP contribution in [0.25, 0.3) is 0 Å². The molecule has 0 unspecified atom stereocenters. The molecule has 0 spiro atoms. The Morgan fingerprint density at radius 3 is 1.88 bits per heavy atom. The van der Waals surface area contributed by atoms with Crippen LogP contribution in [0.15, 0.2) is 24.3 Å². The normalized spacial score (nSPS) is 35.4. The molecular formula is C21H28N2O2. The highest BCUT2D eigenvalue weighted by molar-refractivity contribution is 5.92. The molecule has 25 heavy (non-hydrogen) atoms. The quantitative estimate of drug-likeness (QED) is 0.851. The van der Waals surface area contributed by atoms with E-state index in [1.54, 1.807) is 0 Å². The lowest BCUT2D eigenvalue weighted by Crippen LogP contribution is -2.52. The summed E-state index contributed by atoms with van der Waals surface area (Å²) in [6, 6.07) is 7.34. The molecule has 1 aromatic rings. The lowest BCUT2D eigenvalue weighted by molar-refractivity contribution is -0.133. The minimum atomic E-state index is -0.0911. The van der Waals surface area contributed by atoms with E-state index >= 15 is 0 Å². The first-order valence-electron chi connectivity index (χ1n) is 9.60. The van der Waals surface area contributed by atoms with Gasteiger partial charge in [0.25, 0.3) is 0 Å². The molecule has 134 valence electrons. The van der Waals surface area contributed by atoms with E-state index in [1.165, 1.54) is 39.0 Å². The van der Waals surface area contributed by atoms with Crippen LogP contribution in [0.4, 0.5) is 11.4 Å². The fourth-order valence-corrected chi connectivity index (χ4v) is 5.94. The smallest absolute Gasteiger partial charge is 0.224 e. The molecule has 1 aromatic carbocycles. The van der Waals surface area contributed by atoms with Gasteiger partial charge in [0.2, 0.25) is 11.8 Å². The molecule has 2 amide bonds. The van der Waals surface area contributed by atoms with Gasteiger partial charge in [-0.1, -0.05) is 6.92 Å². The molecule has 5 rings (SSSR count). The maximum Gasteiger partial charge on any atom is 0.224 e. The van der Waals surface area contributed by atoms with Crippen molar-refractivity contribution < 1.29 is 9.59 Å². The SMILES string of the molecule is CC(=O)Nc1ccc(NC(=O)CC2(C)C3CC4CC(C3)CC2C4)cc1. The zero-order chi connectivity index (χ0) is 17.6. The van der Waals surface area contributed by atoms with Crippen LogP contribution in [-0.4, -0.2) is 11.8 Å². The highest BCUT2D eigenvalue weighted by Gasteiger charge is 2.55. The zero-order valence-corrected chi connectivity index (χ0v) is 15.2. The van der Waals surface area contributed by atoms with E-state index in [1.807, 2.05) is 24.3 Å². The van der Waals surface area contributed by atoms with Gasteiger partial charge in [-0.15, -0.1) is 0 Å². The Bertz CT molecular complexity index is 652. The molecule has 0 saturated heterocycles. The summed E-state index contributed by atoms with van der Waals surface area (Å²) < 4.78 is 0. The van der Waals surface area contributed by atoms with Crippen LogP contribution < -0.4 is 10.6 Å². The monoisotopic (exact) mass is 340 g/mol. The summed E-state index contributed by atoms with van der Waals surface area (Å²) in [5.74, 6) is 3.36. The van der Waals surface area contributed by atoms with E-state index in [0.29, 0.717) is 6.42 Å². The Labute approximate surface area is 149 Å². The summed E-state index contributed by atoms with van der Waals surface area (Å²) in [6.45, 7) is 3.85. The van der Waals surface area contributed by atoms with Crippen LogP contribution in [0.5, 0.6) is 0 Å². The number of carbonyl (C=O) groups is 2. The number of amides is 2. The summed E-state index contributed by atoms with van der Waals surface area (Å²) in [5.41, 5.74) is 1.72. The lowest BCUT2D eigenvalue weighted by Gasteiger charge is -2.60. The minimum Gasteiger partial charge on any atom is -0.326 e. The molecule has 0 aromatic heterocycles. The predicted octanol–water partition coefficient (Wildman–Crippen LogP) is 4.44. The molecule has 2 N–H and O–H groups in total. The third kappa shape index (κ3) is 3.19. The number of nitrogens with one attached hydrogen (secondary N) is 2. The Morgan fingerprint density at radius 1 is 0.920 bits per heavy atom. The summed E-state index contributed by atoms with van der Waals surface area (Å²) in [6.07, 6.45) is 7.42. The van der Waals surface area contributed by atoms with E-state index in [4.69, 9.17) is 0 Å². The van der Waals surface area contributed by atoms with E-state index in [-0.39, 0.29) is 17.2 Å². The van der Waals surface area contributed by atoms with Crippen molar-refractivity contribution in [1.82, 2.24) is 0 Å². The average Bonchev–Trinajstić information content (AvgIpc) is 2.53. The van der Waals surface area contributed by atoms with Gasteiger partial charge in [0, 0.05) is 24.7 Å². The lowest BCUT2D eigenvalue weighted by atomic mass is 9.45. The molecule has 4 heteroatoms. The van der Waals surface area contributed by atoms with Crippen molar-refractivity contribution in [3.8, 4) is 0 Å². The highest BCUT2D eigenvalue weighted by atomic mass is 16.2. The largest absolute Gasteiger partial charge is 0.326 e. The van der Waals surface area contributed by atoms with Gasteiger partial charge in [-0.25, -0.2) is 0 Å². The topological polar surface area (TPSA) is 58.2 Å². The van der Waals surface area contributed by atoms with Gasteiger partial charge in [0.15, 0.2) is 0 Å². The fourth-order valence-electron chi connectivity index (χ4n) is 5.94. The number of anilines is 2. The third-order valence-electron chi connectivity index (χ3n) is 7.03. The Hall–Kier alpha value is -1.84. The van der Waals surface area contributed by atoms with Gasteiger partial charge in [-0.3, -0.25) is 9.59 Å². The number of benzene rings is 1. The summed E-state index contributed by atoms with van der Waals surface area (Å²) in [7, 11) is 0. The van der Waals surface area contributed by atoms with Crippen LogP contribution in [0.3, 0.4) is 0 Å². The highest BCUT2D eigenvalue weighted by Crippen LogP contribution is 2.63. The van der Waals surface area contributed by atoms with Crippen molar-refractivity contribution in [2.75, 3.05) is 10.6 Å². The minimum absolute atomic E-state index is 0.0911. The van der Waals surface area contributed by atoms with Gasteiger partial charge >= 0.3 is 0 Å². The summed E-state index contributed by atoms with van der Waals surface area (Å²) >= 11 is 0. The molecule has 0 aliphatic heterocycles. The molecule has 4 aliphatic carbocycles. The first-order valence-corrected chi connectivity index (χ1v) is 9.60. The first-order chi connectivity index (χ1) is 11.9. The van der Waals surface area contributed by atoms with Gasteiger partial charge in [-0.2, -0.15) is 0 Å². The van der Waals surface area contributed by atoms with Crippen LogP contribution in [0.2, 0.25) is 0 Å². The fraction of sp³-hybridized carbons (Fsp3) is 0.619. The Kier molecular flexibility index (Phi) is 4.09. The molecular weight excluding hydrogens is 312 g/mol. The van der Waals surface area contributed by atoms with Gasteiger partial charge in [-0.05, 0) is 85.5 Å². The summed E-state index contributed by atoms with van der Waals surface area (Å²) in [5, 5.41) is 5.80. The Balaban J connectivity index is 1.39. The second kappa shape index (κ2) is 6.15. The van der Waals surface area contributed by atoms with Gasteiger partial charge in [0.1, 0.15) is 0 Å². The number of rotatable bonds is 4. The molecule has 4 aliphatic rings. The van der Waals surface area contributed by atoms with E-state index in [2.05, 4.69) is 17.6 Å². The van der Waals surface area contributed by atoms with Crippen molar-refractivity contribution in [3.63, 3.8) is 0 Å². The molecule has 4 fully saturated rings. The molecule has 4 saturated carbocycles. The van der Waals surface area contributed by atoms with Crippen molar-refractivity contribution in [2.24, 2.45) is 29.1 Å². The van der Waals surface area contributed by atoms with E-state index in [9.17, 15) is 9.59 Å². The molecule has 0 atom stereocenters. The van der Waals surface area contributed by atoms with Crippen molar-refractivity contribution in [2.45, 2.75) is 52.4 Å². The van der Waals surface area contributed by atoms with Gasteiger partial charge < -0.3 is 10.6 Å². The van der Waals surface area contributed by atoms with Crippen LogP contribution in [0.1, 0.15) is 52.4 Å². The third-order valence-corrected chi connectivity index (χ3v) is 7.03. The zero-order valence-electron chi connectivity index (χ0n) is 15.2. The van der Waals surface area contributed by atoms with E-state index in [0.717, 1.165) is 35.0 Å². The van der Waals surface area contributed by atoms with Gasteiger partial charge in [0.05, 0.1) is 0 Å². The summed E-state index contributed by atoms with van der Waals surface area (Å²) in [4.78, 5) is 23.8. The average molecular weight is 340 g/mol. The number of hydrogen-bond acceptors (Lipinski definition) is 2. The van der Waals surface area contributed by atoms with Crippen LogP contribution in [-0.2, 0) is 9.59 Å². The van der Waals surface area contributed by atoms with Crippen LogP contribution >= 0.6 is 0 Å². The molecule has 4 bridgehead atoms. The first kappa shape index (κ1) is 16.6. The molecule has 0 heterocycles. The molecule has 4 nitrogen and oxygen atoms in total. The van der Waals surface area contributed by atoms with Crippen molar-refractivity contribution in [3.05, 3.63) is 24.3 Å². The maximum atomic E-state index is 12.7. The standard InChI is InChI=1S/C21H28N2O2/c1-13(24)22-18-3-5-19(6-4-18)23-20(25)12-21(2)16-8-14-7-15(10-16)11-17(21)9-14/h3-6,14-17H,7-12H2,1-2H3,(H,22,24)(H,23,25). The number of carbonyl (C=O) groups excluding carboxylic acids is 2. The van der Waals surface area contributed by atoms with E-state index < -0.39 is 0 Å². The van der Waals surface area contributed by atoms with Crippen molar-refractivity contribution in [1.29, 1.82) is 0 Å². The van der Waals surface area contributed by atoms with Crippen molar-refractivity contribution >= 4 is 23.2 Å². The second-order valence-electron chi connectivity index (χ2n) is 8.79. The Morgan fingerprint density at radius 2 is 1.40 bits per heavy atom. The van der Waals surface area contributed by atoms with Crippen LogP contribution in [0, 0.1) is 29.1 Å².